The molecule has 2 heterocycles. The molecule has 0 radical (unpaired) electrons. The van der Waals surface area contributed by atoms with Crippen LogP contribution in [0.25, 0.3) is 11.1 Å². The number of ether oxygens (including phenoxy) is 2. The topological polar surface area (TPSA) is 104 Å². The number of furan rings is 1. The third-order valence-corrected chi connectivity index (χ3v) is 6.06. The van der Waals surface area contributed by atoms with E-state index in [1.807, 2.05) is 24.3 Å². The molecule has 1 aliphatic rings. The quantitative estimate of drug-likeness (QED) is 0.592. The Labute approximate surface area is 186 Å². The molecule has 2 aromatic carbocycles. The first kappa shape index (κ1) is 21.6. The Morgan fingerprint density at radius 3 is 2.47 bits per heavy atom. The van der Waals surface area contributed by atoms with Crippen molar-refractivity contribution in [3.8, 4) is 16.9 Å². The molecule has 3 aromatic rings. The van der Waals surface area contributed by atoms with Gasteiger partial charge in [-0.05, 0) is 48.2 Å². The smallest absolute Gasteiger partial charge is 0.284 e. The van der Waals surface area contributed by atoms with Gasteiger partial charge in [0.05, 0.1) is 13.4 Å². The van der Waals surface area contributed by atoms with Crippen molar-refractivity contribution in [1.29, 1.82) is 0 Å². The van der Waals surface area contributed by atoms with Gasteiger partial charge >= 0.3 is 0 Å². The second kappa shape index (κ2) is 9.28. The van der Waals surface area contributed by atoms with E-state index in [2.05, 4.69) is 17.4 Å². The number of nitrogens with two attached hydrogens (primary N) is 1. The minimum absolute atomic E-state index is 0.0517. The van der Waals surface area contributed by atoms with E-state index >= 15 is 0 Å². The second-order valence-electron chi connectivity index (χ2n) is 7.91. The number of benzene rings is 2. The number of carbonyl (C=O) groups is 2. The Bertz CT molecular complexity index is 1100. The third kappa shape index (κ3) is 4.38. The molecular weight excluding hydrogens is 408 g/mol. The van der Waals surface area contributed by atoms with Crippen LogP contribution in [0.5, 0.6) is 5.75 Å². The molecule has 4 rings (SSSR count). The van der Waals surface area contributed by atoms with E-state index < -0.39 is 5.91 Å². The number of primary amides is 1. The molecule has 2 amide bonds. The Morgan fingerprint density at radius 1 is 1.09 bits per heavy atom. The minimum Gasteiger partial charge on any atom is -0.497 e. The van der Waals surface area contributed by atoms with Crippen molar-refractivity contribution in [2.24, 2.45) is 5.73 Å². The largest absolute Gasteiger partial charge is 0.497 e. The molecule has 32 heavy (non-hydrogen) atoms. The Balaban J connectivity index is 1.57. The highest BCUT2D eigenvalue weighted by atomic mass is 16.5. The zero-order valence-corrected chi connectivity index (χ0v) is 17.9. The lowest BCUT2D eigenvalue weighted by Crippen LogP contribution is -2.44. The van der Waals surface area contributed by atoms with Crippen molar-refractivity contribution >= 4 is 11.8 Å². The first-order valence-corrected chi connectivity index (χ1v) is 10.5. The average molecular weight is 434 g/mol. The number of nitrogens with one attached hydrogen (secondary N) is 1. The number of hydrogen-bond donors (Lipinski definition) is 2. The third-order valence-electron chi connectivity index (χ3n) is 6.06. The summed E-state index contributed by atoms with van der Waals surface area (Å²) in [5.74, 6) is 0.00109. The fraction of sp³-hybridized carbons (Fsp3) is 0.280. The van der Waals surface area contributed by atoms with Crippen molar-refractivity contribution in [2.45, 2.75) is 18.3 Å². The maximum atomic E-state index is 13.2. The molecule has 1 fully saturated rings. The minimum atomic E-state index is -0.654. The van der Waals surface area contributed by atoms with E-state index in [0.717, 1.165) is 24.2 Å². The Kier molecular flexibility index (Phi) is 6.28. The van der Waals surface area contributed by atoms with Gasteiger partial charge in [-0.1, -0.05) is 30.3 Å². The molecule has 0 unspecified atom stereocenters. The van der Waals surface area contributed by atoms with Gasteiger partial charge in [-0.2, -0.15) is 0 Å². The van der Waals surface area contributed by atoms with Crippen molar-refractivity contribution in [3.05, 3.63) is 77.7 Å². The van der Waals surface area contributed by atoms with Crippen molar-refractivity contribution in [1.82, 2.24) is 5.32 Å². The van der Waals surface area contributed by atoms with Gasteiger partial charge < -0.3 is 24.9 Å². The van der Waals surface area contributed by atoms with Crippen molar-refractivity contribution in [2.75, 3.05) is 26.9 Å². The summed E-state index contributed by atoms with van der Waals surface area (Å²) in [4.78, 5) is 24.6. The molecule has 0 aliphatic carbocycles. The zero-order chi connectivity index (χ0) is 22.6. The maximum Gasteiger partial charge on any atom is 0.284 e. The van der Waals surface area contributed by atoms with Crippen LogP contribution in [0.2, 0.25) is 0 Å². The first-order valence-electron chi connectivity index (χ1n) is 10.5. The molecule has 0 atom stereocenters. The monoisotopic (exact) mass is 434 g/mol. The van der Waals surface area contributed by atoms with Crippen LogP contribution in [0.3, 0.4) is 0 Å². The predicted molar refractivity (Wildman–Crippen MR) is 120 cm³/mol. The molecule has 1 aromatic heterocycles. The average Bonchev–Trinajstić information content (AvgIpc) is 3.34. The zero-order valence-electron chi connectivity index (χ0n) is 17.9. The highest BCUT2D eigenvalue weighted by molar-refractivity contribution is 6.01. The van der Waals surface area contributed by atoms with E-state index in [4.69, 9.17) is 19.6 Å². The molecule has 7 heteroatoms. The molecule has 1 saturated heterocycles. The van der Waals surface area contributed by atoms with Gasteiger partial charge in [0.2, 0.25) is 0 Å². The lowest BCUT2D eigenvalue weighted by molar-refractivity contribution is 0.0487. The normalized spacial score (nSPS) is 15.2. The van der Waals surface area contributed by atoms with Crippen LogP contribution < -0.4 is 15.8 Å². The standard InChI is InChI=1S/C25H26N2O5/c1-30-19-8-6-18(7-9-19)25(10-12-31-13-11-25)16-27-24(29)21-5-3-2-4-20(21)17-14-22(23(26)28)32-15-17/h2-9,14-15H,10-13,16H2,1H3,(H2,26,28)(H,27,29). The number of amides is 2. The SMILES string of the molecule is COc1ccc(C2(CNC(=O)c3ccccc3-c3coc(C(N)=O)c3)CCOCC2)cc1. The van der Waals surface area contributed by atoms with Crippen LogP contribution in [0.15, 0.2) is 65.3 Å². The number of methoxy groups -OCH3 is 1. The molecule has 3 N–H and O–H groups in total. The summed E-state index contributed by atoms with van der Waals surface area (Å²) in [6.45, 7) is 1.76. The fourth-order valence-electron chi connectivity index (χ4n) is 4.16. The molecule has 0 saturated carbocycles. The van der Waals surface area contributed by atoms with Gasteiger partial charge in [0.15, 0.2) is 5.76 Å². The predicted octanol–water partition coefficient (Wildman–Crippen LogP) is 3.53. The van der Waals surface area contributed by atoms with Gasteiger partial charge in [-0.3, -0.25) is 9.59 Å². The van der Waals surface area contributed by atoms with Gasteiger partial charge in [-0.15, -0.1) is 0 Å². The van der Waals surface area contributed by atoms with Gasteiger partial charge in [0.25, 0.3) is 11.8 Å². The molecular formula is C25H26N2O5. The molecule has 1 aliphatic heterocycles. The van der Waals surface area contributed by atoms with Crippen LogP contribution >= 0.6 is 0 Å². The second-order valence-corrected chi connectivity index (χ2v) is 7.91. The van der Waals surface area contributed by atoms with Crippen LogP contribution in [-0.2, 0) is 10.2 Å². The highest BCUT2D eigenvalue weighted by Crippen LogP contribution is 2.35. The van der Waals surface area contributed by atoms with Crippen molar-refractivity contribution in [3.63, 3.8) is 0 Å². The molecule has 166 valence electrons. The van der Waals surface area contributed by atoms with Gasteiger partial charge in [0.1, 0.15) is 5.75 Å². The van der Waals surface area contributed by atoms with Gasteiger partial charge in [0, 0.05) is 36.3 Å². The summed E-state index contributed by atoms with van der Waals surface area (Å²) >= 11 is 0. The number of rotatable bonds is 7. The van der Waals surface area contributed by atoms with Crippen LogP contribution in [0, 0.1) is 0 Å². The number of hydrogen-bond acceptors (Lipinski definition) is 5. The Hall–Kier alpha value is -3.58. The lowest BCUT2D eigenvalue weighted by Gasteiger charge is -2.38. The molecule has 0 bridgehead atoms. The van der Waals surface area contributed by atoms with Gasteiger partial charge in [-0.25, -0.2) is 0 Å². The van der Waals surface area contributed by atoms with Crippen LogP contribution in [0.1, 0.15) is 39.3 Å². The van der Waals surface area contributed by atoms with Crippen LogP contribution in [-0.4, -0.2) is 38.7 Å². The molecule has 7 nitrogen and oxygen atoms in total. The molecule has 0 spiro atoms. The summed E-state index contributed by atoms with van der Waals surface area (Å²) in [6, 6.07) is 16.8. The van der Waals surface area contributed by atoms with E-state index in [0.29, 0.717) is 36.4 Å². The van der Waals surface area contributed by atoms with E-state index in [-0.39, 0.29) is 17.1 Å². The van der Waals surface area contributed by atoms with E-state index in [9.17, 15) is 9.59 Å². The lowest BCUT2D eigenvalue weighted by atomic mass is 9.74. The summed E-state index contributed by atoms with van der Waals surface area (Å²) in [6.07, 6.45) is 3.06. The summed E-state index contributed by atoms with van der Waals surface area (Å²) in [7, 11) is 1.64. The number of carbonyl (C=O) groups excluding carboxylic acids is 2. The van der Waals surface area contributed by atoms with Crippen molar-refractivity contribution < 1.29 is 23.5 Å². The maximum absolute atomic E-state index is 13.2. The summed E-state index contributed by atoms with van der Waals surface area (Å²) in [5.41, 5.74) is 8.02. The van der Waals surface area contributed by atoms with E-state index in [1.165, 1.54) is 6.26 Å². The highest BCUT2D eigenvalue weighted by Gasteiger charge is 2.35. The van der Waals surface area contributed by atoms with E-state index in [1.54, 1.807) is 25.3 Å². The first-order chi connectivity index (χ1) is 15.5. The van der Waals surface area contributed by atoms with Crippen LogP contribution in [0.4, 0.5) is 0 Å². The Morgan fingerprint density at radius 2 is 1.81 bits per heavy atom. The summed E-state index contributed by atoms with van der Waals surface area (Å²) < 4.78 is 16.1. The summed E-state index contributed by atoms with van der Waals surface area (Å²) in [5, 5.41) is 3.13. The fourth-order valence-corrected chi connectivity index (χ4v) is 4.16.